The highest BCUT2D eigenvalue weighted by atomic mass is 16.6. The van der Waals surface area contributed by atoms with Gasteiger partial charge in [0.2, 0.25) is 5.90 Å². The fourth-order valence-corrected chi connectivity index (χ4v) is 3.59. The molecule has 0 spiro atoms. The summed E-state index contributed by atoms with van der Waals surface area (Å²) < 4.78 is 5.34. The molecule has 4 aromatic carbocycles. The van der Waals surface area contributed by atoms with E-state index in [1.165, 1.54) is 0 Å². The molecule has 0 N–H and O–H groups in total. The van der Waals surface area contributed by atoms with Crippen molar-refractivity contribution in [1.29, 1.82) is 0 Å². The van der Waals surface area contributed by atoms with Crippen LogP contribution >= 0.6 is 0 Å². The maximum absolute atomic E-state index is 12.3. The number of carbonyl (C=O) groups excluding carboxylic acids is 1. The van der Waals surface area contributed by atoms with E-state index < -0.39 is 5.97 Å². The monoisotopic (exact) mass is 416 g/mol. The highest BCUT2D eigenvalue weighted by Crippen LogP contribution is 2.34. The van der Waals surface area contributed by atoms with Gasteiger partial charge < -0.3 is 9.64 Å². The van der Waals surface area contributed by atoms with Gasteiger partial charge in [-0.25, -0.2) is 9.79 Å². The Morgan fingerprint density at radius 3 is 1.69 bits per heavy atom. The molecule has 0 atom stereocenters. The second-order valence-corrected chi connectivity index (χ2v) is 7.30. The van der Waals surface area contributed by atoms with E-state index in [0.29, 0.717) is 11.6 Å². The summed E-state index contributed by atoms with van der Waals surface area (Å²) in [5, 5.41) is 0. The van der Waals surface area contributed by atoms with Crippen molar-refractivity contribution in [2.45, 2.75) is 0 Å². The molecule has 0 amide bonds. The van der Waals surface area contributed by atoms with Gasteiger partial charge in [-0.05, 0) is 60.2 Å². The summed E-state index contributed by atoms with van der Waals surface area (Å²) in [7, 11) is 0. The van der Waals surface area contributed by atoms with Crippen molar-refractivity contribution >= 4 is 35.0 Å². The van der Waals surface area contributed by atoms with Crippen LogP contribution in [-0.2, 0) is 9.53 Å². The Morgan fingerprint density at radius 2 is 1.12 bits per heavy atom. The molecule has 0 bridgehead atoms. The fourth-order valence-electron chi connectivity index (χ4n) is 3.59. The molecule has 0 saturated heterocycles. The molecule has 4 aromatic rings. The van der Waals surface area contributed by atoms with E-state index >= 15 is 0 Å². The smallest absolute Gasteiger partial charge is 0.363 e. The number of esters is 1. The lowest BCUT2D eigenvalue weighted by molar-refractivity contribution is -0.129. The zero-order valence-electron chi connectivity index (χ0n) is 17.3. The van der Waals surface area contributed by atoms with Gasteiger partial charge in [-0.1, -0.05) is 66.7 Å². The molecule has 5 rings (SSSR count). The Balaban J connectivity index is 1.45. The standard InChI is InChI=1S/C28H20N2O2/c31-28-26(29-27(32-28)22-10-4-1-5-11-22)20-21-16-18-25(19-17-21)30(23-12-6-2-7-13-23)24-14-8-3-9-15-24/h1-20H/b26-20-. The van der Waals surface area contributed by atoms with Gasteiger partial charge in [-0.2, -0.15) is 0 Å². The Kier molecular flexibility index (Phi) is 5.33. The lowest BCUT2D eigenvalue weighted by Gasteiger charge is -2.25. The molecule has 1 heterocycles. The molecule has 32 heavy (non-hydrogen) atoms. The molecule has 4 nitrogen and oxygen atoms in total. The average Bonchev–Trinajstić information content (AvgIpc) is 3.22. The van der Waals surface area contributed by atoms with Crippen LogP contribution in [0.4, 0.5) is 17.1 Å². The van der Waals surface area contributed by atoms with Crippen LogP contribution in [0.3, 0.4) is 0 Å². The van der Waals surface area contributed by atoms with Gasteiger partial charge in [-0.15, -0.1) is 0 Å². The van der Waals surface area contributed by atoms with E-state index in [4.69, 9.17) is 4.74 Å². The number of hydrogen-bond donors (Lipinski definition) is 0. The number of rotatable bonds is 5. The summed E-state index contributed by atoms with van der Waals surface area (Å²) >= 11 is 0. The second-order valence-electron chi connectivity index (χ2n) is 7.30. The molecule has 4 heteroatoms. The maximum atomic E-state index is 12.3. The van der Waals surface area contributed by atoms with Gasteiger partial charge in [0.15, 0.2) is 5.70 Å². The normalized spacial score (nSPS) is 14.2. The average molecular weight is 416 g/mol. The van der Waals surface area contributed by atoms with Crippen LogP contribution in [0.2, 0.25) is 0 Å². The minimum atomic E-state index is -0.442. The minimum absolute atomic E-state index is 0.291. The molecular weight excluding hydrogens is 396 g/mol. The van der Waals surface area contributed by atoms with Gasteiger partial charge in [0.25, 0.3) is 0 Å². The number of hydrogen-bond acceptors (Lipinski definition) is 4. The maximum Gasteiger partial charge on any atom is 0.363 e. The van der Waals surface area contributed by atoms with Crippen LogP contribution < -0.4 is 4.90 Å². The molecule has 0 saturated carbocycles. The summed E-state index contributed by atoms with van der Waals surface area (Å²) in [6.45, 7) is 0. The van der Waals surface area contributed by atoms with E-state index in [0.717, 1.165) is 28.2 Å². The first-order chi connectivity index (χ1) is 15.8. The third-order valence-corrected chi connectivity index (χ3v) is 5.12. The number of nitrogens with zero attached hydrogens (tertiary/aromatic N) is 2. The summed E-state index contributed by atoms with van der Waals surface area (Å²) in [6, 6.07) is 37.9. The van der Waals surface area contributed by atoms with E-state index in [1.807, 2.05) is 91.0 Å². The van der Waals surface area contributed by atoms with E-state index in [-0.39, 0.29) is 0 Å². The van der Waals surface area contributed by atoms with Crippen molar-refractivity contribution in [3.05, 3.63) is 132 Å². The first-order valence-electron chi connectivity index (χ1n) is 10.4. The van der Waals surface area contributed by atoms with E-state index in [2.05, 4.69) is 34.2 Å². The van der Waals surface area contributed by atoms with Crippen molar-refractivity contribution in [3.63, 3.8) is 0 Å². The van der Waals surface area contributed by atoms with Gasteiger partial charge in [-0.3, -0.25) is 0 Å². The van der Waals surface area contributed by atoms with Crippen molar-refractivity contribution in [3.8, 4) is 0 Å². The summed E-state index contributed by atoms with van der Waals surface area (Å²) in [6.07, 6.45) is 1.75. The number of aliphatic imine (C=N–C) groups is 1. The van der Waals surface area contributed by atoms with Crippen LogP contribution in [0.1, 0.15) is 11.1 Å². The molecule has 0 aliphatic carbocycles. The quantitative estimate of drug-likeness (QED) is 0.275. The highest BCUT2D eigenvalue weighted by molar-refractivity contribution is 6.12. The van der Waals surface area contributed by atoms with Crippen LogP contribution in [0, 0.1) is 0 Å². The zero-order valence-corrected chi connectivity index (χ0v) is 17.3. The Morgan fingerprint density at radius 1 is 0.625 bits per heavy atom. The van der Waals surface area contributed by atoms with Crippen molar-refractivity contribution in [1.82, 2.24) is 0 Å². The fraction of sp³-hybridized carbons (Fsp3) is 0. The predicted molar refractivity (Wildman–Crippen MR) is 128 cm³/mol. The topological polar surface area (TPSA) is 41.9 Å². The lowest BCUT2D eigenvalue weighted by Crippen LogP contribution is -2.09. The SMILES string of the molecule is O=C1OC(c2ccccc2)=N/C1=C\c1ccc(N(c2ccccc2)c2ccccc2)cc1. The van der Waals surface area contributed by atoms with E-state index in [9.17, 15) is 4.79 Å². The first kappa shape index (κ1) is 19.5. The Labute approximate surface area is 186 Å². The second kappa shape index (κ2) is 8.74. The Bertz CT molecular complexity index is 1240. The first-order valence-corrected chi connectivity index (χ1v) is 10.4. The zero-order chi connectivity index (χ0) is 21.8. The number of carbonyl (C=O) groups is 1. The van der Waals surface area contributed by atoms with Crippen LogP contribution in [-0.4, -0.2) is 11.9 Å². The third-order valence-electron chi connectivity index (χ3n) is 5.12. The van der Waals surface area contributed by atoms with Gasteiger partial charge in [0, 0.05) is 22.6 Å². The van der Waals surface area contributed by atoms with Gasteiger partial charge >= 0.3 is 5.97 Å². The minimum Gasteiger partial charge on any atom is -0.402 e. The van der Waals surface area contributed by atoms with E-state index in [1.54, 1.807) is 6.08 Å². The van der Waals surface area contributed by atoms with Gasteiger partial charge in [0.1, 0.15) is 0 Å². The van der Waals surface area contributed by atoms with Crippen LogP contribution in [0.25, 0.3) is 6.08 Å². The highest BCUT2D eigenvalue weighted by Gasteiger charge is 2.24. The summed E-state index contributed by atoms with van der Waals surface area (Å²) in [5.41, 5.74) is 5.11. The molecule has 1 aliphatic heterocycles. The van der Waals surface area contributed by atoms with Crippen molar-refractivity contribution < 1.29 is 9.53 Å². The van der Waals surface area contributed by atoms with Gasteiger partial charge in [0.05, 0.1) is 0 Å². The number of para-hydroxylation sites is 2. The molecule has 0 aromatic heterocycles. The molecule has 0 radical (unpaired) electrons. The summed E-state index contributed by atoms with van der Waals surface area (Å²) in [5.74, 6) is -0.110. The van der Waals surface area contributed by atoms with Crippen LogP contribution in [0.5, 0.6) is 0 Å². The number of cyclic esters (lactones) is 1. The van der Waals surface area contributed by atoms with Crippen LogP contribution in [0.15, 0.2) is 126 Å². The molecule has 1 aliphatic rings. The predicted octanol–water partition coefficient (Wildman–Crippen LogP) is 6.50. The number of ether oxygens (including phenoxy) is 1. The lowest BCUT2D eigenvalue weighted by atomic mass is 10.1. The Hall–Kier alpha value is -4.44. The number of benzene rings is 4. The molecule has 154 valence electrons. The summed E-state index contributed by atoms with van der Waals surface area (Å²) in [4.78, 5) is 18.9. The largest absolute Gasteiger partial charge is 0.402 e. The third kappa shape index (κ3) is 4.07. The van der Waals surface area contributed by atoms with Crippen molar-refractivity contribution in [2.75, 3.05) is 4.90 Å². The molecule has 0 unspecified atom stereocenters. The molecular formula is C28H20N2O2. The number of anilines is 3. The van der Waals surface area contributed by atoms with Crippen molar-refractivity contribution in [2.24, 2.45) is 4.99 Å². The molecule has 0 fully saturated rings.